The number of alkyl halides is 3. The van der Waals surface area contributed by atoms with Gasteiger partial charge in [-0.15, -0.1) is 0 Å². The van der Waals surface area contributed by atoms with E-state index in [0.29, 0.717) is 0 Å². The molecule has 1 amide bonds. The molecule has 1 fully saturated rings. The Morgan fingerprint density at radius 1 is 1.11 bits per heavy atom. The van der Waals surface area contributed by atoms with Gasteiger partial charge in [0.05, 0.1) is 17.2 Å². The first-order chi connectivity index (χ1) is 20.8. The zero-order valence-corrected chi connectivity index (χ0v) is 25.0. The number of primary amides is 1. The minimum atomic E-state index is -4.94. The highest BCUT2D eigenvalue weighted by molar-refractivity contribution is 6.24. The van der Waals surface area contributed by atoms with E-state index in [1.165, 1.54) is 19.0 Å². The van der Waals surface area contributed by atoms with Gasteiger partial charge in [0.25, 0.3) is 5.91 Å². The maximum absolute atomic E-state index is 14.8. The second-order valence-corrected chi connectivity index (χ2v) is 12.6. The lowest BCUT2D eigenvalue weighted by Gasteiger charge is -2.50. The number of carbonyl (C=O) groups excluding carboxylic acids is 3. The third kappa shape index (κ3) is 4.89. The van der Waals surface area contributed by atoms with E-state index in [9.17, 15) is 48.0 Å². The number of Topliss-reactive ketones (excluding diaryl/α,β-unsaturated/α-hetero) is 2. The first kappa shape index (κ1) is 32.2. The van der Waals surface area contributed by atoms with E-state index < -0.39 is 104 Å². The van der Waals surface area contributed by atoms with Gasteiger partial charge in [0.15, 0.2) is 11.4 Å². The monoisotopic (exact) mass is 629 g/mol. The Morgan fingerprint density at radius 3 is 2.29 bits per heavy atom. The highest BCUT2D eigenvalue weighted by Gasteiger charge is 2.64. The fraction of sp³-hybridized carbons (Fsp3) is 0.406. The number of phenolic OH excluding ortho intramolecular Hbond substituents is 1. The van der Waals surface area contributed by atoms with E-state index in [2.05, 4.69) is 5.32 Å². The Hall–Kier alpha value is -4.20. The third-order valence-electron chi connectivity index (χ3n) is 9.30. The molecule has 3 aliphatic carbocycles. The minimum Gasteiger partial charge on any atom is -0.508 e. The van der Waals surface area contributed by atoms with E-state index in [1.54, 1.807) is 26.0 Å². The number of likely N-dealkylation sites (N-methyl/N-ethyl adjacent to an activating group) is 1. The number of fused-ring (bicyclic) bond motifs is 3. The molecular formula is C32H34F3N3O7. The standard InChI is InChI=1S/C32H34F3N3O7/c1-30(2,16-8-6-5-7-9-16)37-13-15-12-19(39)21-17(23(15)32(33,34)35)10-14-11-18-24(38(3)4)26(41)22(29(36)44)28(43)31(18,45)27(42)20(14)25(21)40/h5-9,12,14,18,24,37,39-40,43,45H,10-11,13H2,1-4H3,(H2,36,44)/t14-,18-,24-,31-/m0/s1. The van der Waals surface area contributed by atoms with Gasteiger partial charge in [-0.05, 0) is 69.5 Å². The lowest BCUT2D eigenvalue weighted by Crippen LogP contribution is -2.65. The Kier molecular flexibility index (Phi) is 7.66. The molecular weight excluding hydrogens is 595 g/mol. The van der Waals surface area contributed by atoms with Gasteiger partial charge in [0, 0.05) is 23.6 Å². The summed E-state index contributed by atoms with van der Waals surface area (Å²) in [6.45, 7) is 3.28. The number of aliphatic hydroxyl groups is 3. The summed E-state index contributed by atoms with van der Waals surface area (Å²) >= 11 is 0. The van der Waals surface area contributed by atoms with Crippen LogP contribution in [0.5, 0.6) is 5.75 Å². The van der Waals surface area contributed by atoms with Gasteiger partial charge in [0.2, 0.25) is 5.78 Å². The van der Waals surface area contributed by atoms with Crippen molar-refractivity contribution in [2.45, 2.75) is 56.6 Å². The van der Waals surface area contributed by atoms with Crippen molar-refractivity contribution in [3.63, 3.8) is 0 Å². The second kappa shape index (κ2) is 10.7. The molecule has 0 unspecified atom stereocenters. The van der Waals surface area contributed by atoms with Crippen LogP contribution in [-0.2, 0) is 39.1 Å². The molecule has 7 N–H and O–H groups in total. The van der Waals surface area contributed by atoms with E-state index in [-0.39, 0.29) is 18.5 Å². The first-order valence-corrected chi connectivity index (χ1v) is 14.2. The van der Waals surface area contributed by atoms with Crippen LogP contribution in [0.3, 0.4) is 0 Å². The summed E-state index contributed by atoms with van der Waals surface area (Å²) in [5.41, 5.74) is -1.47. The lowest BCUT2D eigenvalue weighted by molar-refractivity contribution is -0.153. The van der Waals surface area contributed by atoms with Crippen LogP contribution in [0.1, 0.15) is 48.1 Å². The number of nitrogens with one attached hydrogen (secondary N) is 1. The molecule has 240 valence electrons. The van der Waals surface area contributed by atoms with Crippen molar-refractivity contribution in [2.75, 3.05) is 14.1 Å². The quantitative estimate of drug-likeness (QED) is 0.263. The highest BCUT2D eigenvalue weighted by atomic mass is 19.4. The zero-order valence-electron chi connectivity index (χ0n) is 25.0. The maximum atomic E-state index is 14.8. The molecule has 1 saturated carbocycles. The molecule has 0 bridgehead atoms. The summed E-state index contributed by atoms with van der Waals surface area (Å²) in [5.74, 6) is -9.18. The van der Waals surface area contributed by atoms with Crippen LogP contribution in [0, 0.1) is 11.8 Å². The van der Waals surface area contributed by atoms with Crippen LogP contribution in [-0.4, -0.2) is 68.5 Å². The summed E-state index contributed by atoms with van der Waals surface area (Å²) < 4.78 is 44.4. The number of halogens is 3. The molecule has 3 aliphatic rings. The van der Waals surface area contributed by atoms with Crippen LogP contribution in [0.25, 0.3) is 5.76 Å². The molecule has 0 saturated heterocycles. The lowest BCUT2D eigenvalue weighted by atomic mass is 9.57. The van der Waals surface area contributed by atoms with Crippen LogP contribution in [0.15, 0.2) is 53.3 Å². The number of hydrogen-bond acceptors (Lipinski definition) is 9. The predicted molar refractivity (Wildman–Crippen MR) is 156 cm³/mol. The van der Waals surface area contributed by atoms with Gasteiger partial charge in [-0.2, -0.15) is 13.2 Å². The SMILES string of the molecule is CN(C)[C@@H]1C(=O)C(C(N)=O)=C(O)[C@@]2(O)C(=O)C3=C(O)c4c(O)cc(CNC(C)(C)c5ccccc5)c(C(F)(F)F)c4C[C@H]3C[C@@H]12. The van der Waals surface area contributed by atoms with Crippen LogP contribution in [0.2, 0.25) is 0 Å². The summed E-state index contributed by atoms with van der Waals surface area (Å²) in [6, 6.07) is 8.58. The summed E-state index contributed by atoms with van der Waals surface area (Å²) in [4.78, 5) is 40.6. The van der Waals surface area contributed by atoms with Crippen LogP contribution < -0.4 is 11.1 Å². The maximum Gasteiger partial charge on any atom is 0.417 e. The van der Waals surface area contributed by atoms with Crippen LogP contribution in [0.4, 0.5) is 13.2 Å². The number of aliphatic hydroxyl groups excluding tert-OH is 2. The van der Waals surface area contributed by atoms with Gasteiger partial charge < -0.3 is 31.5 Å². The number of nitrogens with zero attached hydrogens (tertiary/aromatic N) is 1. The van der Waals surface area contributed by atoms with Gasteiger partial charge >= 0.3 is 6.18 Å². The molecule has 5 rings (SSSR count). The summed E-state index contributed by atoms with van der Waals surface area (Å²) in [6.07, 6.45) is -5.74. The Bertz CT molecular complexity index is 1680. The molecule has 0 heterocycles. The van der Waals surface area contributed by atoms with Crippen molar-refractivity contribution < 1.29 is 48.0 Å². The van der Waals surface area contributed by atoms with E-state index in [0.717, 1.165) is 11.6 Å². The Labute approximate surface area is 256 Å². The molecule has 10 nitrogen and oxygen atoms in total. The average Bonchev–Trinajstić information content (AvgIpc) is 2.93. The first-order valence-electron chi connectivity index (χ1n) is 14.2. The molecule has 2 aromatic rings. The fourth-order valence-corrected chi connectivity index (χ4v) is 7.15. The van der Waals surface area contributed by atoms with Crippen molar-refractivity contribution in [2.24, 2.45) is 17.6 Å². The molecule has 0 radical (unpaired) electrons. The topological polar surface area (TPSA) is 173 Å². The van der Waals surface area contributed by atoms with Crippen molar-refractivity contribution in [1.29, 1.82) is 0 Å². The van der Waals surface area contributed by atoms with Crippen molar-refractivity contribution >= 4 is 23.2 Å². The number of hydrogen-bond donors (Lipinski definition) is 6. The van der Waals surface area contributed by atoms with Gasteiger partial charge in [-0.25, -0.2) is 0 Å². The largest absolute Gasteiger partial charge is 0.508 e. The number of ketones is 2. The zero-order chi connectivity index (χ0) is 33.4. The molecule has 45 heavy (non-hydrogen) atoms. The number of carbonyl (C=O) groups is 3. The number of phenols is 1. The third-order valence-corrected chi connectivity index (χ3v) is 9.30. The highest BCUT2D eigenvalue weighted by Crippen LogP contribution is 2.54. The van der Waals surface area contributed by atoms with Crippen molar-refractivity contribution in [3.05, 3.63) is 81.1 Å². The number of aromatic hydroxyl groups is 1. The summed E-state index contributed by atoms with van der Waals surface area (Å²) in [5, 5.41) is 48.0. The predicted octanol–water partition coefficient (Wildman–Crippen LogP) is 3.01. The minimum absolute atomic E-state index is 0.289. The average molecular weight is 630 g/mol. The molecule has 2 aromatic carbocycles. The Morgan fingerprint density at radius 2 is 1.73 bits per heavy atom. The van der Waals surface area contributed by atoms with Gasteiger partial charge in [-0.1, -0.05) is 30.3 Å². The molecule has 13 heteroatoms. The molecule has 4 atom stereocenters. The Balaban J connectivity index is 1.66. The van der Waals surface area contributed by atoms with E-state index in [1.807, 2.05) is 18.2 Å². The van der Waals surface area contributed by atoms with Crippen molar-refractivity contribution in [3.8, 4) is 5.75 Å². The van der Waals surface area contributed by atoms with Gasteiger partial charge in [0.1, 0.15) is 22.8 Å². The van der Waals surface area contributed by atoms with E-state index in [4.69, 9.17) is 5.73 Å². The van der Waals surface area contributed by atoms with Crippen molar-refractivity contribution in [1.82, 2.24) is 10.2 Å². The van der Waals surface area contributed by atoms with Crippen LogP contribution >= 0.6 is 0 Å². The molecule has 0 aliphatic heterocycles. The summed E-state index contributed by atoms with van der Waals surface area (Å²) in [7, 11) is 2.87. The number of nitrogens with two attached hydrogens (primary N) is 1. The fourth-order valence-electron chi connectivity index (χ4n) is 7.15. The molecule has 0 aromatic heterocycles. The molecule has 0 spiro atoms. The van der Waals surface area contributed by atoms with E-state index >= 15 is 0 Å². The number of benzene rings is 2. The normalized spacial score (nSPS) is 25.3. The smallest absolute Gasteiger partial charge is 0.417 e. The number of rotatable bonds is 6. The van der Waals surface area contributed by atoms with Gasteiger partial charge in [-0.3, -0.25) is 19.3 Å². The number of amides is 1. The second-order valence-electron chi connectivity index (χ2n) is 12.6.